The minimum Gasteiger partial charge on any atom is -0.435 e. The van der Waals surface area contributed by atoms with Crippen molar-refractivity contribution < 1.29 is 18.3 Å². The van der Waals surface area contributed by atoms with Crippen molar-refractivity contribution in [3.8, 4) is 5.75 Å². The van der Waals surface area contributed by atoms with Gasteiger partial charge < -0.3 is 4.74 Å². The highest BCUT2D eigenvalue weighted by atomic mass is 19.3. The van der Waals surface area contributed by atoms with Crippen LogP contribution in [0.4, 0.5) is 14.5 Å². The second-order valence-electron chi connectivity index (χ2n) is 5.70. The van der Waals surface area contributed by atoms with Crippen molar-refractivity contribution >= 4 is 29.2 Å². The maximum atomic E-state index is 12.9. The van der Waals surface area contributed by atoms with E-state index in [1.165, 1.54) is 16.7 Å². The van der Waals surface area contributed by atoms with E-state index in [-0.39, 0.29) is 11.7 Å². The number of benzene rings is 2. The van der Waals surface area contributed by atoms with Crippen LogP contribution in [0.3, 0.4) is 0 Å². The zero-order valence-electron chi connectivity index (χ0n) is 13.8. The van der Waals surface area contributed by atoms with Crippen LogP contribution >= 0.6 is 0 Å². The fourth-order valence-corrected chi connectivity index (χ4v) is 2.81. The Morgan fingerprint density at radius 1 is 1.16 bits per heavy atom. The van der Waals surface area contributed by atoms with Crippen LogP contribution in [0.1, 0.15) is 21.5 Å². The summed E-state index contributed by atoms with van der Waals surface area (Å²) >= 11 is 0. The van der Waals surface area contributed by atoms with Gasteiger partial charge in [0.25, 0.3) is 5.91 Å². The van der Waals surface area contributed by atoms with Gasteiger partial charge in [-0.1, -0.05) is 0 Å². The van der Waals surface area contributed by atoms with Crippen LogP contribution in [0.5, 0.6) is 5.75 Å². The van der Waals surface area contributed by atoms with Crippen molar-refractivity contribution in [2.75, 3.05) is 0 Å². The molecule has 0 unspecified atom stereocenters. The number of hydrogen-bond donors (Lipinski definition) is 0. The van der Waals surface area contributed by atoms with E-state index in [1.54, 1.807) is 24.4 Å². The first kappa shape index (κ1) is 16.8. The van der Waals surface area contributed by atoms with Crippen molar-refractivity contribution in [1.29, 1.82) is 0 Å². The number of aromatic nitrogens is 1. The van der Waals surface area contributed by atoms with Crippen LogP contribution in [-0.2, 0) is 0 Å². The molecule has 0 atom stereocenters. The molecular weight excluding hydrogens is 326 g/mol. The number of alkyl halides is 2. The van der Waals surface area contributed by atoms with Crippen molar-refractivity contribution in [3.05, 3.63) is 59.3 Å². The molecule has 3 aromatic rings. The Labute approximate surface area is 143 Å². The normalized spacial score (nSPS) is 11.1. The summed E-state index contributed by atoms with van der Waals surface area (Å²) in [5, 5.41) is 0.644. The molecule has 1 heterocycles. The van der Waals surface area contributed by atoms with Gasteiger partial charge in [0.1, 0.15) is 5.75 Å². The van der Waals surface area contributed by atoms with Crippen molar-refractivity contribution in [2.24, 2.45) is 4.99 Å². The quantitative estimate of drug-likeness (QED) is 0.634. The SMILES string of the molecule is C=Nc1cc(C)c(C(=O)n2ccc3cc(OC(F)F)ccc32)cc1C. The summed E-state index contributed by atoms with van der Waals surface area (Å²) in [6.45, 7) is 4.33. The van der Waals surface area contributed by atoms with E-state index in [9.17, 15) is 13.6 Å². The zero-order valence-corrected chi connectivity index (χ0v) is 13.8. The van der Waals surface area contributed by atoms with Crippen LogP contribution in [0.25, 0.3) is 10.9 Å². The number of carbonyl (C=O) groups excluding carboxylic acids is 1. The summed E-state index contributed by atoms with van der Waals surface area (Å²) in [6.07, 6.45) is 1.62. The number of nitrogens with zero attached hydrogens (tertiary/aromatic N) is 2. The average molecular weight is 342 g/mol. The molecule has 0 amide bonds. The number of hydrogen-bond acceptors (Lipinski definition) is 3. The third kappa shape index (κ3) is 3.15. The number of fused-ring (bicyclic) bond motifs is 1. The summed E-state index contributed by atoms with van der Waals surface area (Å²) in [7, 11) is 0. The first-order chi connectivity index (χ1) is 11.9. The molecule has 128 valence electrons. The number of carbonyl (C=O) groups is 1. The molecule has 6 heteroatoms. The second-order valence-corrected chi connectivity index (χ2v) is 5.70. The van der Waals surface area contributed by atoms with Gasteiger partial charge in [-0.3, -0.25) is 14.4 Å². The highest BCUT2D eigenvalue weighted by Gasteiger charge is 2.16. The van der Waals surface area contributed by atoms with Gasteiger partial charge in [-0.05, 0) is 68.1 Å². The van der Waals surface area contributed by atoms with Gasteiger partial charge in [-0.15, -0.1) is 0 Å². The van der Waals surface area contributed by atoms with Gasteiger partial charge in [-0.25, -0.2) is 0 Å². The predicted octanol–water partition coefficient (Wildman–Crippen LogP) is 4.88. The first-order valence-corrected chi connectivity index (χ1v) is 7.59. The lowest BCUT2D eigenvalue weighted by atomic mass is 10.0. The monoisotopic (exact) mass is 342 g/mol. The molecular formula is C19H16F2N2O2. The molecule has 4 nitrogen and oxygen atoms in total. The average Bonchev–Trinajstić information content (AvgIpc) is 2.98. The van der Waals surface area contributed by atoms with Crippen molar-refractivity contribution in [3.63, 3.8) is 0 Å². The van der Waals surface area contributed by atoms with E-state index in [0.717, 1.165) is 16.8 Å². The lowest BCUT2D eigenvalue weighted by Crippen LogP contribution is -2.12. The predicted molar refractivity (Wildman–Crippen MR) is 93.4 cm³/mol. The summed E-state index contributed by atoms with van der Waals surface area (Å²) in [4.78, 5) is 16.9. The van der Waals surface area contributed by atoms with E-state index >= 15 is 0 Å². The lowest BCUT2D eigenvalue weighted by molar-refractivity contribution is -0.0497. The lowest BCUT2D eigenvalue weighted by Gasteiger charge is -2.11. The second kappa shape index (κ2) is 6.47. The summed E-state index contributed by atoms with van der Waals surface area (Å²) in [5.41, 5.74) is 3.55. The Hall–Kier alpha value is -3.02. The smallest absolute Gasteiger partial charge is 0.387 e. The molecule has 1 aromatic heterocycles. The van der Waals surface area contributed by atoms with Gasteiger partial charge in [-0.2, -0.15) is 8.78 Å². The molecule has 25 heavy (non-hydrogen) atoms. The van der Waals surface area contributed by atoms with Crippen molar-refractivity contribution in [2.45, 2.75) is 20.5 Å². The van der Waals surface area contributed by atoms with E-state index in [2.05, 4.69) is 16.4 Å². The van der Waals surface area contributed by atoms with E-state index in [0.29, 0.717) is 16.5 Å². The molecule has 0 bridgehead atoms. The summed E-state index contributed by atoms with van der Waals surface area (Å²) in [5.74, 6) is -0.144. The Balaban J connectivity index is 2.03. The Morgan fingerprint density at radius 3 is 2.60 bits per heavy atom. The first-order valence-electron chi connectivity index (χ1n) is 7.59. The van der Waals surface area contributed by atoms with Crippen LogP contribution in [0, 0.1) is 13.8 Å². The number of halogens is 2. The van der Waals surface area contributed by atoms with Crippen LogP contribution in [0.2, 0.25) is 0 Å². The molecule has 0 aliphatic heterocycles. The van der Waals surface area contributed by atoms with Crippen LogP contribution in [-0.4, -0.2) is 23.8 Å². The minimum atomic E-state index is -2.89. The standard InChI is InChI=1S/C19H16F2N2O2/c1-11-9-16(22-3)12(2)8-15(11)18(24)23-7-6-13-10-14(25-19(20)21)4-5-17(13)23/h4-10,19H,3H2,1-2H3. The molecule has 0 aliphatic rings. The maximum Gasteiger partial charge on any atom is 0.387 e. The number of ether oxygens (including phenoxy) is 1. The maximum absolute atomic E-state index is 12.9. The van der Waals surface area contributed by atoms with Crippen LogP contribution < -0.4 is 4.74 Å². The Morgan fingerprint density at radius 2 is 1.92 bits per heavy atom. The number of rotatable bonds is 4. The molecule has 0 saturated heterocycles. The van der Waals surface area contributed by atoms with Gasteiger partial charge in [0.05, 0.1) is 11.2 Å². The Kier molecular flexibility index (Phi) is 4.35. The van der Waals surface area contributed by atoms with E-state index < -0.39 is 6.61 Å². The zero-order chi connectivity index (χ0) is 18.1. The van der Waals surface area contributed by atoms with Gasteiger partial charge in [0.2, 0.25) is 0 Å². The third-order valence-electron chi connectivity index (χ3n) is 4.05. The molecule has 0 radical (unpaired) electrons. The van der Waals surface area contributed by atoms with Gasteiger partial charge in [0, 0.05) is 17.1 Å². The number of aryl methyl sites for hydroxylation is 2. The molecule has 0 fully saturated rings. The fraction of sp³-hybridized carbons (Fsp3) is 0.158. The Bertz CT molecular complexity index is 977. The largest absolute Gasteiger partial charge is 0.435 e. The molecule has 2 aromatic carbocycles. The van der Waals surface area contributed by atoms with E-state index in [1.807, 2.05) is 19.9 Å². The summed E-state index contributed by atoms with van der Waals surface area (Å²) in [6, 6.07) is 9.77. The van der Waals surface area contributed by atoms with Crippen molar-refractivity contribution in [1.82, 2.24) is 4.57 Å². The van der Waals surface area contributed by atoms with Gasteiger partial charge in [0.15, 0.2) is 0 Å². The third-order valence-corrected chi connectivity index (χ3v) is 4.05. The van der Waals surface area contributed by atoms with Gasteiger partial charge >= 0.3 is 6.61 Å². The van der Waals surface area contributed by atoms with Crippen LogP contribution in [0.15, 0.2) is 47.6 Å². The molecule has 3 rings (SSSR count). The van der Waals surface area contributed by atoms with E-state index in [4.69, 9.17) is 0 Å². The minimum absolute atomic E-state index is 0.0566. The topological polar surface area (TPSA) is 43.6 Å². The fourth-order valence-electron chi connectivity index (χ4n) is 2.81. The molecule has 0 aliphatic carbocycles. The highest BCUT2D eigenvalue weighted by molar-refractivity contribution is 6.03. The highest BCUT2D eigenvalue weighted by Crippen LogP contribution is 2.27. The molecule has 0 saturated carbocycles. The molecule has 0 spiro atoms. The molecule has 0 N–H and O–H groups in total. The number of aliphatic imine (C=N–C) groups is 1. The summed E-state index contributed by atoms with van der Waals surface area (Å²) < 4.78 is 30.5.